The minimum atomic E-state index is 0.0778. The van der Waals surface area contributed by atoms with E-state index in [0.29, 0.717) is 6.04 Å². The van der Waals surface area contributed by atoms with Gasteiger partial charge in [0.15, 0.2) is 0 Å². The van der Waals surface area contributed by atoms with Crippen LogP contribution in [0.2, 0.25) is 0 Å². The molecule has 1 saturated heterocycles. The van der Waals surface area contributed by atoms with Gasteiger partial charge in [-0.3, -0.25) is 0 Å². The van der Waals surface area contributed by atoms with Crippen LogP contribution in [0.25, 0.3) is 0 Å². The lowest BCUT2D eigenvalue weighted by molar-refractivity contribution is -0.0140. The second-order valence-electron chi connectivity index (χ2n) is 5.30. The molecule has 17 heavy (non-hydrogen) atoms. The Morgan fingerprint density at radius 1 is 1.41 bits per heavy atom. The topological polar surface area (TPSA) is 21.3 Å². The van der Waals surface area contributed by atoms with Gasteiger partial charge in [0.25, 0.3) is 0 Å². The van der Waals surface area contributed by atoms with E-state index in [0.717, 1.165) is 19.6 Å². The van der Waals surface area contributed by atoms with Crippen molar-refractivity contribution < 1.29 is 4.74 Å². The summed E-state index contributed by atoms with van der Waals surface area (Å²) in [4.78, 5) is 0. The monoisotopic (exact) mass is 239 g/mol. The lowest BCUT2D eigenvalue weighted by Gasteiger charge is -2.34. The fraction of sp³-hybridized carbons (Fsp3) is 0.867. The summed E-state index contributed by atoms with van der Waals surface area (Å²) in [5.74, 6) is 0. The van der Waals surface area contributed by atoms with Crippen LogP contribution in [0.4, 0.5) is 0 Å². The van der Waals surface area contributed by atoms with Gasteiger partial charge >= 0.3 is 0 Å². The van der Waals surface area contributed by atoms with Crippen LogP contribution in [0.5, 0.6) is 0 Å². The predicted molar refractivity (Wildman–Crippen MR) is 74.3 cm³/mol. The fourth-order valence-electron chi connectivity index (χ4n) is 2.76. The molecule has 0 aromatic carbocycles. The summed E-state index contributed by atoms with van der Waals surface area (Å²) in [6, 6.07) is 0.527. The molecule has 1 aliphatic rings. The number of hydrogen-bond donors (Lipinski definition) is 1. The molecule has 0 amide bonds. The Labute approximate surface area is 107 Å². The molecular formula is C15H29NO. The van der Waals surface area contributed by atoms with Crippen molar-refractivity contribution in [3.63, 3.8) is 0 Å². The molecule has 2 unspecified atom stereocenters. The summed E-state index contributed by atoms with van der Waals surface area (Å²) >= 11 is 0. The molecule has 0 spiro atoms. The van der Waals surface area contributed by atoms with E-state index in [9.17, 15) is 0 Å². The van der Waals surface area contributed by atoms with E-state index >= 15 is 0 Å². The molecule has 1 N–H and O–H groups in total. The first-order valence-electron chi connectivity index (χ1n) is 7.21. The van der Waals surface area contributed by atoms with Crippen LogP contribution in [-0.4, -0.2) is 24.8 Å². The normalized spacial score (nSPS) is 26.0. The molecule has 2 atom stereocenters. The molecule has 1 heterocycles. The third-order valence-electron chi connectivity index (χ3n) is 3.84. The molecule has 0 aliphatic carbocycles. The Bertz CT molecular complexity index is 209. The Morgan fingerprint density at radius 2 is 2.24 bits per heavy atom. The largest absolute Gasteiger partial charge is 0.374 e. The zero-order valence-electron chi connectivity index (χ0n) is 11.6. The van der Waals surface area contributed by atoms with Gasteiger partial charge in [-0.15, -0.1) is 6.58 Å². The van der Waals surface area contributed by atoms with E-state index in [1.807, 2.05) is 6.08 Å². The molecule has 2 nitrogen and oxygen atoms in total. The van der Waals surface area contributed by atoms with Crippen molar-refractivity contribution >= 4 is 0 Å². The fourth-order valence-corrected chi connectivity index (χ4v) is 2.76. The smallest absolute Gasteiger partial charge is 0.0807 e. The summed E-state index contributed by atoms with van der Waals surface area (Å²) in [6.07, 6.45) is 10.7. The van der Waals surface area contributed by atoms with Gasteiger partial charge in [-0.25, -0.2) is 0 Å². The zero-order valence-corrected chi connectivity index (χ0v) is 11.6. The summed E-state index contributed by atoms with van der Waals surface area (Å²) in [5, 5.41) is 3.61. The number of ether oxygens (including phenoxy) is 1. The highest BCUT2D eigenvalue weighted by molar-refractivity contribution is 4.92. The lowest BCUT2D eigenvalue weighted by Crippen LogP contribution is -2.48. The highest BCUT2D eigenvalue weighted by atomic mass is 16.5. The Morgan fingerprint density at radius 3 is 2.82 bits per heavy atom. The van der Waals surface area contributed by atoms with Crippen molar-refractivity contribution in [2.75, 3.05) is 13.2 Å². The third-order valence-corrected chi connectivity index (χ3v) is 3.84. The zero-order chi connectivity index (χ0) is 12.6. The number of unbranched alkanes of at least 4 members (excludes halogenated alkanes) is 3. The van der Waals surface area contributed by atoms with E-state index in [1.165, 1.54) is 38.5 Å². The first kappa shape index (κ1) is 14.7. The Kier molecular flexibility index (Phi) is 6.83. The minimum absolute atomic E-state index is 0.0778. The maximum absolute atomic E-state index is 5.95. The highest BCUT2D eigenvalue weighted by Crippen LogP contribution is 2.31. The van der Waals surface area contributed by atoms with Gasteiger partial charge in [0.05, 0.1) is 5.60 Å². The summed E-state index contributed by atoms with van der Waals surface area (Å²) < 4.78 is 5.95. The van der Waals surface area contributed by atoms with Crippen molar-refractivity contribution in [2.45, 2.75) is 70.4 Å². The molecular weight excluding hydrogens is 210 g/mol. The van der Waals surface area contributed by atoms with Crippen molar-refractivity contribution in [1.82, 2.24) is 5.32 Å². The molecule has 0 aromatic rings. The van der Waals surface area contributed by atoms with Crippen LogP contribution >= 0.6 is 0 Å². The van der Waals surface area contributed by atoms with Crippen LogP contribution in [0, 0.1) is 0 Å². The second-order valence-corrected chi connectivity index (χ2v) is 5.30. The van der Waals surface area contributed by atoms with Gasteiger partial charge < -0.3 is 10.1 Å². The Hall–Kier alpha value is -0.340. The second kappa shape index (κ2) is 7.88. The van der Waals surface area contributed by atoms with Gasteiger partial charge in [-0.2, -0.15) is 0 Å². The van der Waals surface area contributed by atoms with Gasteiger partial charge in [-0.05, 0) is 45.6 Å². The highest BCUT2D eigenvalue weighted by Gasteiger charge is 2.37. The molecule has 0 saturated carbocycles. The van der Waals surface area contributed by atoms with Crippen LogP contribution in [0.1, 0.15) is 58.8 Å². The molecule has 2 heteroatoms. The van der Waals surface area contributed by atoms with E-state index in [1.54, 1.807) is 0 Å². The van der Waals surface area contributed by atoms with Crippen LogP contribution < -0.4 is 5.32 Å². The average molecular weight is 239 g/mol. The minimum Gasteiger partial charge on any atom is -0.374 e. The van der Waals surface area contributed by atoms with Gasteiger partial charge in [0.1, 0.15) is 0 Å². The molecule has 100 valence electrons. The third kappa shape index (κ3) is 4.81. The van der Waals surface area contributed by atoms with Crippen molar-refractivity contribution in [1.29, 1.82) is 0 Å². The number of rotatable bonds is 9. The summed E-state index contributed by atoms with van der Waals surface area (Å²) in [5.41, 5.74) is 0.0778. The molecule has 0 radical (unpaired) electrons. The van der Waals surface area contributed by atoms with E-state index in [2.05, 4.69) is 25.7 Å². The maximum atomic E-state index is 5.95. The summed E-state index contributed by atoms with van der Waals surface area (Å²) in [7, 11) is 0. The van der Waals surface area contributed by atoms with Crippen LogP contribution in [0.3, 0.4) is 0 Å². The van der Waals surface area contributed by atoms with E-state index in [4.69, 9.17) is 4.74 Å². The van der Waals surface area contributed by atoms with Crippen LogP contribution in [0.15, 0.2) is 12.7 Å². The van der Waals surface area contributed by atoms with Gasteiger partial charge in [-0.1, -0.05) is 25.8 Å². The number of allylic oxidation sites excluding steroid dienone is 1. The molecule has 0 aromatic heterocycles. The lowest BCUT2D eigenvalue weighted by atomic mass is 9.89. The molecule has 0 bridgehead atoms. The quantitative estimate of drug-likeness (QED) is 0.489. The standard InChI is InChI=1S/C15H29NO/c1-4-6-7-8-9-11-14(16-5-2)15(3)12-10-13-17-15/h4,14,16H,1,5-13H2,2-3H3. The maximum Gasteiger partial charge on any atom is 0.0807 e. The molecule has 1 aliphatic heterocycles. The molecule has 1 fully saturated rings. The first-order chi connectivity index (χ1) is 8.23. The predicted octanol–water partition coefficient (Wildman–Crippen LogP) is 3.67. The first-order valence-corrected chi connectivity index (χ1v) is 7.21. The van der Waals surface area contributed by atoms with Crippen molar-refractivity contribution in [2.24, 2.45) is 0 Å². The van der Waals surface area contributed by atoms with Crippen LogP contribution in [-0.2, 0) is 4.74 Å². The molecule has 1 rings (SSSR count). The van der Waals surface area contributed by atoms with E-state index in [-0.39, 0.29) is 5.60 Å². The number of hydrogen-bond acceptors (Lipinski definition) is 2. The average Bonchev–Trinajstić information content (AvgIpc) is 2.76. The SMILES string of the molecule is C=CCCCCCC(NCC)C1(C)CCCO1. The van der Waals surface area contributed by atoms with Gasteiger partial charge in [0.2, 0.25) is 0 Å². The van der Waals surface area contributed by atoms with Crippen molar-refractivity contribution in [3.05, 3.63) is 12.7 Å². The van der Waals surface area contributed by atoms with Gasteiger partial charge in [0, 0.05) is 12.6 Å². The summed E-state index contributed by atoms with van der Waals surface area (Å²) in [6.45, 7) is 10.2. The van der Waals surface area contributed by atoms with E-state index < -0.39 is 0 Å². The Balaban J connectivity index is 2.29. The van der Waals surface area contributed by atoms with Crippen molar-refractivity contribution in [3.8, 4) is 0 Å². The number of nitrogens with one attached hydrogen (secondary N) is 1. The number of likely N-dealkylation sites (N-methyl/N-ethyl adjacent to an activating group) is 1.